The molecular formula is C22H22N2O6S. The van der Waals surface area contributed by atoms with Gasteiger partial charge in [0, 0.05) is 25.9 Å². The summed E-state index contributed by atoms with van der Waals surface area (Å²) in [6, 6.07) is 14.8. The lowest BCUT2D eigenvalue weighted by molar-refractivity contribution is 0.0470. The summed E-state index contributed by atoms with van der Waals surface area (Å²) in [5.41, 5.74) is 0.737. The van der Waals surface area contributed by atoms with Gasteiger partial charge in [-0.05, 0) is 36.4 Å². The molecule has 0 bridgehead atoms. The van der Waals surface area contributed by atoms with Crippen LogP contribution in [0.2, 0.25) is 0 Å². The SMILES string of the molecule is COc1ccc(C(=O)OCc2ccccc2Oc2cccnc2)cc1S(=O)(=O)N(C)C. The van der Waals surface area contributed by atoms with E-state index in [4.69, 9.17) is 14.2 Å². The summed E-state index contributed by atoms with van der Waals surface area (Å²) < 4.78 is 42.5. The maximum absolute atomic E-state index is 12.6. The highest BCUT2D eigenvalue weighted by atomic mass is 32.2. The van der Waals surface area contributed by atoms with Crippen molar-refractivity contribution in [1.29, 1.82) is 0 Å². The van der Waals surface area contributed by atoms with Crippen molar-refractivity contribution < 1.29 is 27.4 Å². The summed E-state index contributed by atoms with van der Waals surface area (Å²) in [5.74, 6) is 0.540. The zero-order valence-electron chi connectivity index (χ0n) is 17.3. The van der Waals surface area contributed by atoms with Crippen LogP contribution < -0.4 is 9.47 Å². The number of nitrogens with zero attached hydrogens (tertiary/aromatic N) is 2. The van der Waals surface area contributed by atoms with Gasteiger partial charge in [-0.15, -0.1) is 0 Å². The molecule has 0 aliphatic carbocycles. The van der Waals surface area contributed by atoms with Crippen LogP contribution in [-0.2, 0) is 21.4 Å². The summed E-state index contributed by atoms with van der Waals surface area (Å²) in [5, 5.41) is 0. The Balaban J connectivity index is 1.79. The van der Waals surface area contributed by atoms with E-state index in [9.17, 15) is 13.2 Å². The summed E-state index contributed by atoms with van der Waals surface area (Å²) in [6.07, 6.45) is 3.22. The highest BCUT2D eigenvalue weighted by Crippen LogP contribution is 2.28. The minimum Gasteiger partial charge on any atom is -0.495 e. The van der Waals surface area contributed by atoms with Gasteiger partial charge in [-0.1, -0.05) is 18.2 Å². The third-order valence-electron chi connectivity index (χ3n) is 4.35. The number of carbonyl (C=O) groups is 1. The van der Waals surface area contributed by atoms with E-state index in [1.807, 2.05) is 0 Å². The molecule has 3 rings (SSSR count). The van der Waals surface area contributed by atoms with Crippen LogP contribution in [0, 0.1) is 0 Å². The van der Waals surface area contributed by atoms with Gasteiger partial charge in [0.1, 0.15) is 28.8 Å². The summed E-state index contributed by atoms with van der Waals surface area (Å²) in [6.45, 7) is -0.0585. The number of benzene rings is 2. The van der Waals surface area contributed by atoms with Gasteiger partial charge in [0.2, 0.25) is 10.0 Å². The van der Waals surface area contributed by atoms with Crippen LogP contribution in [-0.4, -0.2) is 44.9 Å². The number of pyridine rings is 1. The maximum atomic E-state index is 12.6. The number of hydrogen-bond acceptors (Lipinski definition) is 7. The van der Waals surface area contributed by atoms with E-state index in [0.29, 0.717) is 17.1 Å². The van der Waals surface area contributed by atoms with Gasteiger partial charge in [-0.25, -0.2) is 17.5 Å². The quantitative estimate of drug-likeness (QED) is 0.493. The first-order chi connectivity index (χ1) is 14.8. The van der Waals surface area contributed by atoms with Crippen molar-refractivity contribution in [2.45, 2.75) is 11.5 Å². The Labute approximate surface area is 181 Å². The van der Waals surface area contributed by atoms with Crippen molar-refractivity contribution >= 4 is 16.0 Å². The first-order valence-electron chi connectivity index (χ1n) is 9.26. The molecule has 0 fully saturated rings. The molecule has 1 heterocycles. The normalized spacial score (nSPS) is 11.2. The van der Waals surface area contributed by atoms with E-state index >= 15 is 0 Å². The number of sulfonamides is 1. The first-order valence-corrected chi connectivity index (χ1v) is 10.7. The standard InChI is InChI=1S/C22H22N2O6S/c1-24(2)31(26,27)21-13-16(10-11-20(21)28-3)22(25)29-15-17-7-4-5-9-19(17)30-18-8-6-12-23-14-18/h4-14H,15H2,1-3H3. The van der Waals surface area contributed by atoms with Crippen LogP contribution in [0.1, 0.15) is 15.9 Å². The van der Waals surface area contributed by atoms with Crippen molar-refractivity contribution in [2.75, 3.05) is 21.2 Å². The van der Waals surface area contributed by atoms with Crippen LogP contribution in [0.25, 0.3) is 0 Å². The third kappa shape index (κ3) is 5.19. The lowest BCUT2D eigenvalue weighted by Gasteiger charge is -2.15. The molecule has 0 atom stereocenters. The van der Waals surface area contributed by atoms with Crippen LogP contribution in [0.3, 0.4) is 0 Å². The zero-order valence-corrected chi connectivity index (χ0v) is 18.1. The second kappa shape index (κ2) is 9.59. The fourth-order valence-electron chi connectivity index (χ4n) is 2.69. The van der Waals surface area contributed by atoms with Crippen LogP contribution in [0.5, 0.6) is 17.2 Å². The average Bonchev–Trinajstić information content (AvgIpc) is 2.78. The molecule has 162 valence electrons. The largest absolute Gasteiger partial charge is 0.495 e. The zero-order chi connectivity index (χ0) is 22.4. The van der Waals surface area contributed by atoms with Gasteiger partial charge in [-0.2, -0.15) is 0 Å². The Morgan fingerprint density at radius 3 is 2.48 bits per heavy atom. The smallest absolute Gasteiger partial charge is 0.338 e. The second-order valence-electron chi connectivity index (χ2n) is 6.63. The van der Waals surface area contributed by atoms with E-state index in [0.717, 1.165) is 4.31 Å². The fraction of sp³-hybridized carbons (Fsp3) is 0.182. The lowest BCUT2D eigenvalue weighted by Crippen LogP contribution is -2.23. The van der Waals surface area contributed by atoms with E-state index in [1.165, 1.54) is 39.4 Å². The third-order valence-corrected chi connectivity index (χ3v) is 6.19. The van der Waals surface area contributed by atoms with Crippen molar-refractivity contribution in [3.63, 3.8) is 0 Å². The predicted molar refractivity (Wildman–Crippen MR) is 114 cm³/mol. The number of ether oxygens (including phenoxy) is 3. The van der Waals surface area contributed by atoms with Crippen LogP contribution in [0.15, 0.2) is 71.9 Å². The monoisotopic (exact) mass is 442 g/mol. The molecule has 8 nitrogen and oxygen atoms in total. The molecule has 0 N–H and O–H groups in total. The fourth-order valence-corrected chi connectivity index (χ4v) is 3.76. The van der Waals surface area contributed by atoms with E-state index < -0.39 is 16.0 Å². The van der Waals surface area contributed by atoms with Gasteiger partial charge < -0.3 is 14.2 Å². The van der Waals surface area contributed by atoms with E-state index in [2.05, 4.69) is 4.98 Å². The number of para-hydroxylation sites is 1. The average molecular weight is 442 g/mol. The summed E-state index contributed by atoms with van der Waals surface area (Å²) in [7, 11) is 0.356. The van der Waals surface area contributed by atoms with Crippen molar-refractivity contribution in [2.24, 2.45) is 0 Å². The maximum Gasteiger partial charge on any atom is 0.338 e. The molecule has 3 aromatic rings. The molecule has 0 saturated carbocycles. The minimum absolute atomic E-state index is 0.0585. The Morgan fingerprint density at radius 2 is 1.81 bits per heavy atom. The van der Waals surface area contributed by atoms with E-state index in [1.54, 1.807) is 48.8 Å². The number of esters is 1. The molecule has 0 spiro atoms. The molecule has 0 unspecified atom stereocenters. The first kappa shape index (κ1) is 22.3. The molecule has 0 radical (unpaired) electrons. The molecule has 0 aliphatic rings. The Morgan fingerprint density at radius 1 is 1.03 bits per heavy atom. The predicted octanol–water partition coefficient (Wildman–Crippen LogP) is 3.49. The summed E-state index contributed by atoms with van der Waals surface area (Å²) in [4.78, 5) is 16.5. The van der Waals surface area contributed by atoms with Crippen molar-refractivity contribution in [1.82, 2.24) is 9.29 Å². The second-order valence-corrected chi connectivity index (χ2v) is 8.75. The van der Waals surface area contributed by atoms with Gasteiger partial charge in [-0.3, -0.25) is 4.98 Å². The van der Waals surface area contributed by atoms with Gasteiger partial charge >= 0.3 is 5.97 Å². The molecule has 31 heavy (non-hydrogen) atoms. The number of hydrogen-bond donors (Lipinski definition) is 0. The molecule has 1 aromatic heterocycles. The van der Waals surface area contributed by atoms with Gasteiger partial charge in [0.15, 0.2) is 0 Å². The van der Waals surface area contributed by atoms with Gasteiger partial charge in [0.05, 0.1) is 18.9 Å². The Bertz CT molecular complexity index is 1160. The number of aromatic nitrogens is 1. The minimum atomic E-state index is -3.81. The molecule has 0 amide bonds. The Hall–Kier alpha value is -3.43. The number of carbonyl (C=O) groups excluding carboxylic acids is 1. The highest BCUT2D eigenvalue weighted by molar-refractivity contribution is 7.89. The van der Waals surface area contributed by atoms with Crippen LogP contribution >= 0.6 is 0 Å². The topological polar surface area (TPSA) is 95.0 Å². The van der Waals surface area contributed by atoms with Gasteiger partial charge in [0.25, 0.3) is 0 Å². The lowest BCUT2D eigenvalue weighted by atomic mass is 10.2. The number of methoxy groups -OCH3 is 1. The molecule has 2 aromatic carbocycles. The van der Waals surface area contributed by atoms with E-state index in [-0.39, 0.29) is 22.8 Å². The molecule has 0 aliphatic heterocycles. The molecular weight excluding hydrogens is 420 g/mol. The molecule has 9 heteroatoms. The Kier molecular flexibility index (Phi) is 6.88. The highest BCUT2D eigenvalue weighted by Gasteiger charge is 2.24. The van der Waals surface area contributed by atoms with Crippen LogP contribution in [0.4, 0.5) is 0 Å². The molecule has 0 saturated heterocycles. The van der Waals surface area contributed by atoms with Crippen molar-refractivity contribution in [3.8, 4) is 17.2 Å². The number of rotatable bonds is 8. The van der Waals surface area contributed by atoms with Crippen molar-refractivity contribution in [3.05, 3.63) is 78.1 Å². The summed E-state index contributed by atoms with van der Waals surface area (Å²) >= 11 is 0.